The molecule has 0 fully saturated rings. The lowest BCUT2D eigenvalue weighted by molar-refractivity contribution is 0.0688. The molecule has 0 aromatic rings. The predicted octanol–water partition coefficient (Wildman–Crippen LogP) is 3.99. The van der Waals surface area contributed by atoms with E-state index in [0.29, 0.717) is 5.92 Å². The zero-order chi connectivity index (χ0) is 13.1. The van der Waals surface area contributed by atoms with Crippen molar-refractivity contribution in [1.29, 1.82) is 10.5 Å². The summed E-state index contributed by atoms with van der Waals surface area (Å²) >= 11 is 0. The van der Waals surface area contributed by atoms with Crippen LogP contribution in [0.5, 0.6) is 0 Å². The highest BCUT2D eigenvalue weighted by Crippen LogP contribution is 2.44. The fraction of sp³-hybridized carbons (Fsp3) is 0.857. The van der Waals surface area contributed by atoms with Crippen molar-refractivity contribution in [1.82, 2.24) is 0 Å². The first-order valence-electron chi connectivity index (χ1n) is 5.85. The molecular formula is C14H24N2. The number of rotatable bonds is 2. The zero-order valence-corrected chi connectivity index (χ0v) is 11.6. The van der Waals surface area contributed by atoms with Gasteiger partial charge in [-0.25, -0.2) is 0 Å². The first kappa shape index (κ1) is 15.0. The summed E-state index contributed by atoms with van der Waals surface area (Å²) in [6.45, 7) is 15.0. The van der Waals surface area contributed by atoms with E-state index in [1.165, 1.54) is 0 Å². The molecule has 0 saturated carbocycles. The number of nitriles is 2. The third-order valence-electron chi connectivity index (χ3n) is 3.54. The van der Waals surface area contributed by atoms with Gasteiger partial charge in [0.05, 0.1) is 12.1 Å². The van der Waals surface area contributed by atoms with Gasteiger partial charge in [0.2, 0.25) is 0 Å². The fourth-order valence-electron chi connectivity index (χ4n) is 2.27. The molecule has 0 bridgehead atoms. The van der Waals surface area contributed by atoms with Crippen LogP contribution in [0.25, 0.3) is 0 Å². The average molecular weight is 220 g/mol. The third kappa shape index (κ3) is 3.53. The predicted molar refractivity (Wildman–Crippen MR) is 66.3 cm³/mol. The van der Waals surface area contributed by atoms with Gasteiger partial charge in [-0.2, -0.15) is 10.5 Å². The van der Waals surface area contributed by atoms with Crippen LogP contribution in [-0.2, 0) is 0 Å². The van der Waals surface area contributed by atoms with Gasteiger partial charge in [-0.3, -0.25) is 0 Å². The lowest BCUT2D eigenvalue weighted by atomic mass is 9.61. The zero-order valence-electron chi connectivity index (χ0n) is 11.6. The Labute approximate surface area is 100 Å². The van der Waals surface area contributed by atoms with Crippen LogP contribution in [0.4, 0.5) is 0 Å². The Kier molecular flexibility index (Phi) is 4.56. The van der Waals surface area contributed by atoms with E-state index >= 15 is 0 Å². The van der Waals surface area contributed by atoms with Gasteiger partial charge in [-0.05, 0) is 22.7 Å². The molecule has 0 amide bonds. The second-order valence-corrected chi connectivity index (χ2v) is 6.78. The molecular weight excluding hydrogens is 196 g/mol. The Morgan fingerprint density at radius 3 is 1.38 bits per heavy atom. The van der Waals surface area contributed by atoms with E-state index in [1.54, 1.807) is 0 Å². The average Bonchev–Trinajstić information content (AvgIpc) is 2.09. The van der Waals surface area contributed by atoms with Crippen LogP contribution < -0.4 is 0 Å². The summed E-state index contributed by atoms with van der Waals surface area (Å²) in [5.41, 5.74) is 0.0900. The molecule has 2 nitrogen and oxygen atoms in total. The third-order valence-corrected chi connectivity index (χ3v) is 3.54. The molecule has 0 aliphatic rings. The second kappa shape index (κ2) is 4.88. The molecule has 0 aromatic heterocycles. The Hall–Kier alpha value is -1.02. The largest absolute Gasteiger partial charge is 0.197 e. The maximum Gasteiger partial charge on any atom is 0.136 e. The first-order chi connectivity index (χ1) is 7.05. The van der Waals surface area contributed by atoms with Gasteiger partial charge in [0, 0.05) is 0 Å². The summed E-state index contributed by atoms with van der Waals surface area (Å²) in [4.78, 5) is 0. The van der Waals surface area contributed by atoms with E-state index in [4.69, 9.17) is 10.5 Å². The molecule has 0 saturated heterocycles. The van der Waals surface area contributed by atoms with Gasteiger partial charge in [0.15, 0.2) is 0 Å². The van der Waals surface area contributed by atoms with Crippen molar-refractivity contribution in [3.63, 3.8) is 0 Å². The molecule has 16 heavy (non-hydrogen) atoms. The molecule has 0 radical (unpaired) electrons. The van der Waals surface area contributed by atoms with Crippen LogP contribution in [-0.4, -0.2) is 0 Å². The summed E-state index contributed by atoms with van der Waals surface area (Å²) in [5.74, 6) is -0.0893. The van der Waals surface area contributed by atoms with Crippen LogP contribution in [0, 0.1) is 51.2 Å². The van der Waals surface area contributed by atoms with Crippen LogP contribution in [0.15, 0.2) is 0 Å². The smallest absolute Gasteiger partial charge is 0.136 e. The Bertz CT molecular complexity index is 290. The van der Waals surface area contributed by atoms with Crippen molar-refractivity contribution in [2.45, 2.75) is 48.5 Å². The highest BCUT2D eigenvalue weighted by Gasteiger charge is 2.41. The molecule has 0 N–H and O–H groups in total. The number of hydrogen-bond donors (Lipinski definition) is 0. The molecule has 90 valence electrons. The molecule has 0 aromatic carbocycles. The van der Waals surface area contributed by atoms with E-state index in [2.05, 4.69) is 60.6 Å². The van der Waals surface area contributed by atoms with Crippen molar-refractivity contribution in [3.8, 4) is 12.1 Å². The molecule has 2 heteroatoms. The van der Waals surface area contributed by atoms with E-state index in [0.717, 1.165) is 0 Å². The van der Waals surface area contributed by atoms with Crippen molar-refractivity contribution >= 4 is 0 Å². The SMILES string of the molecule is C[C@@H]([C@@H](C(C#N)C#N)C(C)(C)C)C(C)(C)C. The highest BCUT2D eigenvalue weighted by atomic mass is 14.5. The summed E-state index contributed by atoms with van der Waals surface area (Å²) in [6, 6.07) is 4.30. The molecule has 0 aliphatic heterocycles. The normalized spacial score (nSPS) is 16.4. The van der Waals surface area contributed by atoms with E-state index in [1.807, 2.05) is 0 Å². The van der Waals surface area contributed by atoms with Crippen LogP contribution in [0.1, 0.15) is 48.5 Å². The Morgan fingerprint density at radius 1 is 0.812 bits per heavy atom. The highest BCUT2D eigenvalue weighted by molar-refractivity contribution is 5.07. The minimum Gasteiger partial charge on any atom is -0.197 e. The van der Waals surface area contributed by atoms with E-state index in [-0.39, 0.29) is 16.7 Å². The lowest BCUT2D eigenvalue weighted by Gasteiger charge is -2.42. The summed E-state index contributed by atoms with van der Waals surface area (Å²) in [6.07, 6.45) is 0. The standard InChI is InChI=1S/C14H24N2/c1-10(13(2,3)4)12(14(5,6)7)11(8-15)9-16/h10-12H,1-7H3/t10-,12-/m0/s1. The van der Waals surface area contributed by atoms with Crippen LogP contribution in [0.3, 0.4) is 0 Å². The molecule has 0 rings (SSSR count). The molecule has 2 atom stereocenters. The minimum atomic E-state index is -0.519. The molecule has 0 heterocycles. The topological polar surface area (TPSA) is 47.6 Å². The first-order valence-corrected chi connectivity index (χ1v) is 5.85. The molecule has 0 unspecified atom stereocenters. The molecule has 0 aliphatic carbocycles. The van der Waals surface area contributed by atoms with E-state index < -0.39 is 5.92 Å². The van der Waals surface area contributed by atoms with Gasteiger partial charge in [0.25, 0.3) is 0 Å². The Morgan fingerprint density at radius 2 is 1.19 bits per heavy atom. The lowest BCUT2D eigenvalue weighted by Crippen LogP contribution is -2.38. The monoisotopic (exact) mass is 220 g/mol. The summed E-state index contributed by atoms with van der Waals surface area (Å²) in [7, 11) is 0. The van der Waals surface area contributed by atoms with Crippen molar-refractivity contribution in [2.75, 3.05) is 0 Å². The van der Waals surface area contributed by atoms with Gasteiger partial charge in [-0.1, -0.05) is 48.5 Å². The van der Waals surface area contributed by atoms with Crippen LogP contribution in [0.2, 0.25) is 0 Å². The van der Waals surface area contributed by atoms with Gasteiger partial charge in [-0.15, -0.1) is 0 Å². The van der Waals surface area contributed by atoms with Gasteiger partial charge >= 0.3 is 0 Å². The van der Waals surface area contributed by atoms with Crippen molar-refractivity contribution in [3.05, 3.63) is 0 Å². The maximum absolute atomic E-state index is 9.10. The summed E-state index contributed by atoms with van der Waals surface area (Å²) < 4.78 is 0. The summed E-state index contributed by atoms with van der Waals surface area (Å²) in [5, 5.41) is 18.2. The van der Waals surface area contributed by atoms with E-state index in [9.17, 15) is 0 Å². The maximum atomic E-state index is 9.10. The minimum absolute atomic E-state index is 0.0250. The van der Waals surface area contributed by atoms with Crippen molar-refractivity contribution < 1.29 is 0 Å². The van der Waals surface area contributed by atoms with Gasteiger partial charge < -0.3 is 0 Å². The van der Waals surface area contributed by atoms with Gasteiger partial charge in [0.1, 0.15) is 5.92 Å². The quantitative estimate of drug-likeness (QED) is 0.706. The van der Waals surface area contributed by atoms with Crippen LogP contribution >= 0.6 is 0 Å². The van der Waals surface area contributed by atoms with Crippen molar-refractivity contribution in [2.24, 2.45) is 28.6 Å². The number of hydrogen-bond acceptors (Lipinski definition) is 2. The second-order valence-electron chi connectivity index (χ2n) is 6.78. The molecule has 0 spiro atoms. The fourth-order valence-corrected chi connectivity index (χ4v) is 2.27. The number of nitrogens with zero attached hydrogens (tertiary/aromatic N) is 2. The Balaban J connectivity index is 5.31.